The van der Waals surface area contributed by atoms with Crippen LogP contribution < -0.4 is 16.0 Å². The molecule has 3 rings (SSSR count). The van der Waals surface area contributed by atoms with Crippen molar-refractivity contribution < 1.29 is 14.3 Å². The first kappa shape index (κ1) is 17.9. The zero-order valence-corrected chi connectivity index (χ0v) is 14.6. The van der Waals surface area contributed by atoms with Gasteiger partial charge in [-0.1, -0.05) is 18.2 Å². The van der Waals surface area contributed by atoms with Gasteiger partial charge in [0.25, 0.3) is 0 Å². The molecule has 0 aromatic heterocycles. The molecular weight excluding hydrogens is 318 g/mol. The first-order chi connectivity index (χ1) is 12.2. The summed E-state index contributed by atoms with van der Waals surface area (Å²) in [5.41, 5.74) is 8.30. The lowest BCUT2D eigenvalue weighted by atomic mass is 9.92. The first-order valence-corrected chi connectivity index (χ1v) is 9.16. The van der Waals surface area contributed by atoms with Gasteiger partial charge in [-0.2, -0.15) is 0 Å². The number of ether oxygens (including phenoxy) is 1. The van der Waals surface area contributed by atoms with Crippen LogP contribution in [0.15, 0.2) is 24.3 Å². The van der Waals surface area contributed by atoms with E-state index in [1.54, 1.807) is 0 Å². The molecular formula is C19H27N3O3. The highest BCUT2D eigenvalue weighted by Gasteiger charge is 2.26. The zero-order chi connectivity index (χ0) is 17.6. The van der Waals surface area contributed by atoms with E-state index in [2.05, 4.69) is 11.4 Å². The maximum Gasteiger partial charge on any atom is 0.237 e. The summed E-state index contributed by atoms with van der Waals surface area (Å²) in [5, 5.41) is 2.87. The number of carbonyl (C=O) groups is 2. The van der Waals surface area contributed by atoms with Crippen LogP contribution in [0.2, 0.25) is 0 Å². The minimum atomic E-state index is -0.481. The largest absolute Gasteiger partial charge is 0.381 e. The van der Waals surface area contributed by atoms with Crippen molar-refractivity contribution in [3.63, 3.8) is 0 Å². The van der Waals surface area contributed by atoms with Crippen molar-refractivity contribution in [2.75, 3.05) is 31.2 Å². The Balaban J connectivity index is 1.38. The number of anilines is 1. The number of benzene rings is 1. The highest BCUT2D eigenvalue weighted by Crippen LogP contribution is 2.28. The van der Waals surface area contributed by atoms with Gasteiger partial charge >= 0.3 is 0 Å². The van der Waals surface area contributed by atoms with Crippen LogP contribution in [0.5, 0.6) is 0 Å². The third kappa shape index (κ3) is 4.38. The summed E-state index contributed by atoms with van der Waals surface area (Å²) in [6.45, 7) is 2.59. The van der Waals surface area contributed by atoms with E-state index in [9.17, 15) is 9.59 Å². The van der Waals surface area contributed by atoms with Gasteiger partial charge in [0.05, 0.1) is 6.04 Å². The molecule has 2 amide bonds. The number of hydrogen-bond donors (Lipinski definition) is 2. The molecule has 2 aliphatic rings. The van der Waals surface area contributed by atoms with Gasteiger partial charge in [-0.25, -0.2) is 0 Å². The van der Waals surface area contributed by atoms with Gasteiger partial charge in [-0.3, -0.25) is 9.59 Å². The summed E-state index contributed by atoms with van der Waals surface area (Å²) < 4.78 is 5.30. The van der Waals surface area contributed by atoms with E-state index in [1.165, 1.54) is 5.56 Å². The lowest BCUT2D eigenvalue weighted by Crippen LogP contribution is -2.47. The number of nitrogens with one attached hydrogen (secondary N) is 1. The van der Waals surface area contributed by atoms with E-state index in [0.29, 0.717) is 32.6 Å². The predicted octanol–water partition coefficient (Wildman–Crippen LogP) is 1.23. The number of hydrogen-bond acceptors (Lipinski definition) is 4. The number of carbonyl (C=O) groups excluding carboxylic acids is 2. The highest BCUT2D eigenvalue weighted by atomic mass is 16.5. The quantitative estimate of drug-likeness (QED) is 0.760. The number of rotatable bonds is 6. The Labute approximate surface area is 148 Å². The van der Waals surface area contributed by atoms with Crippen LogP contribution in [-0.2, 0) is 20.7 Å². The second-order valence-electron chi connectivity index (χ2n) is 6.79. The molecule has 6 nitrogen and oxygen atoms in total. The molecule has 2 heterocycles. The molecule has 0 bridgehead atoms. The van der Waals surface area contributed by atoms with E-state index < -0.39 is 6.04 Å². The average molecular weight is 345 g/mol. The lowest BCUT2D eigenvalue weighted by Gasteiger charge is -2.26. The van der Waals surface area contributed by atoms with Crippen molar-refractivity contribution in [1.82, 2.24) is 5.32 Å². The van der Waals surface area contributed by atoms with Crippen LogP contribution in [0.4, 0.5) is 5.69 Å². The van der Waals surface area contributed by atoms with E-state index in [-0.39, 0.29) is 17.7 Å². The van der Waals surface area contributed by atoms with Crippen molar-refractivity contribution >= 4 is 17.5 Å². The summed E-state index contributed by atoms with van der Waals surface area (Å²) in [6.07, 6.45) is 3.65. The summed E-state index contributed by atoms with van der Waals surface area (Å²) in [4.78, 5) is 26.4. The Kier molecular flexibility index (Phi) is 6.04. The highest BCUT2D eigenvalue weighted by molar-refractivity contribution is 5.95. The summed E-state index contributed by atoms with van der Waals surface area (Å²) in [6, 6.07) is 7.55. The van der Waals surface area contributed by atoms with Gasteiger partial charge < -0.3 is 20.7 Å². The molecule has 25 heavy (non-hydrogen) atoms. The second-order valence-corrected chi connectivity index (χ2v) is 6.79. The van der Waals surface area contributed by atoms with Crippen LogP contribution in [0.1, 0.15) is 31.2 Å². The number of nitrogens with zero attached hydrogens (tertiary/aromatic N) is 1. The molecule has 136 valence electrons. The molecule has 1 atom stereocenters. The molecule has 6 heteroatoms. The third-order valence-corrected chi connectivity index (χ3v) is 5.13. The zero-order valence-electron chi connectivity index (χ0n) is 14.6. The van der Waals surface area contributed by atoms with Gasteiger partial charge in [0, 0.05) is 38.4 Å². The van der Waals surface area contributed by atoms with Gasteiger partial charge in [-0.05, 0) is 43.2 Å². The van der Waals surface area contributed by atoms with Crippen molar-refractivity contribution in [1.29, 1.82) is 0 Å². The first-order valence-electron chi connectivity index (χ1n) is 9.16. The van der Waals surface area contributed by atoms with Crippen molar-refractivity contribution in [3.8, 4) is 0 Å². The van der Waals surface area contributed by atoms with Crippen molar-refractivity contribution in [2.45, 2.75) is 38.1 Å². The summed E-state index contributed by atoms with van der Waals surface area (Å²) >= 11 is 0. The topological polar surface area (TPSA) is 84.7 Å². The van der Waals surface area contributed by atoms with Gasteiger partial charge in [0.2, 0.25) is 11.8 Å². The maximum atomic E-state index is 12.4. The summed E-state index contributed by atoms with van der Waals surface area (Å²) in [5.74, 6) is 0.190. The molecule has 2 aliphatic heterocycles. The Bertz CT molecular complexity index is 614. The van der Waals surface area contributed by atoms with Crippen LogP contribution in [0, 0.1) is 5.92 Å². The van der Waals surface area contributed by atoms with E-state index in [0.717, 1.165) is 31.5 Å². The standard InChI is InChI=1S/C19H27N3O3/c20-18(15-8-12-25-13-9-15)19(24)21-10-3-6-17(23)22-11-7-14-4-1-2-5-16(14)22/h1-2,4-5,15,18H,3,6-13,20H2,(H,21,24). The van der Waals surface area contributed by atoms with E-state index in [1.807, 2.05) is 23.1 Å². The lowest BCUT2D eigenvalue weighted by molar-refractivity contribution is -0.124. The van der Waals surface area contributed by atoms with E-state index >= 15 is 0 Å². The number of nitrogens with two attached hydrogens (primary N) is 1. The second kappa shape index (κ2) is 8.45. The molecule has 1 aromatic carbocycles. The van der Waals surface area contributed by atoms with E-state index in [4.69, 9.17) is 10.5 Å². The van der Waals surface area contributed by atoms with Gasteiger partial charge in [-0.15, -0.1) is 0 Å². The molecule has 1 aromatic rings. The summed E-state index contributed by atoms with van der Waals surface area (Å²) in [7, 11) is 0. The van der Waals surface area contributed by atoms with Crippen molar-refractivity contribution in [3.05, 3.63) is 29.8 Å². The minimum Gasteiger partial charge on any atom is -0.381 e. The maximum absolute atomic E-state index is 12.4. The molecule has 3 N–H and O–H groups in total. The SMILES string of the molecule is NC(C(=O)NCCCC(=O)N1CCc2ccccc21)C1CCOCC1. The fraction of sp³-hybridized carbons (Fsp3) is 0.579. The normalized spacial score (nSPS) is 18.7. The fourth-order valence-electron chi connectivity index (χ4n) is 3.59. The predicted molar refractivity (Wildman–Crippen MR) is 96.3 cm³/mol. The number of para-hydroxylation sites is 1. The van der Waals surface area contributed by atoms with Crippen molar-refractivity contribution in [2.24, 2.45) is 11.7 Å². The molecule has 0 spiro atoms. The minimum absolute atomic E-state index is 0.118. The molecule has 1 fully saturated rings. The third-order valence-electron chi connectivity index (χ3n) is 5.13. The molecule has 0 aliphatic carbocycles. The molecule has 1 unspecified atom stereocenters. The fourth-order valence-corrected chi connectivity index (χ4v) is 3.59. The molecule has 1 saturated heterocycles. The smallest absolute Gasteiger partial charge is 0.237 e. The molecule has 0 radical (unpaired) electrons. The Morgan fingerprint density at radius 3 is 2.84 bits per heavy atom. The van der Waals surface area contributed by atoms with Crippen LogP contribution in [-0.4, -0.2) is 44.2 Å². The van der Waals surface area contributed by atoms with Gasteiger partial charge in [0.1, 0.15) is 0 Å². The number of fused-ring (bicyclic) bond motifs is 1. The molecule has 0 saturated carbocycles. The Morgan fingerprint density at radius 2 is 2.04 bits per heavy atom. The Morgan fingerprint density at radius 1 is 1.28 bits per heavy atom. The average Bonchev–Trinajstić information content (AvgIpc) is 3.09. The van der Waals surface area contributed by atoms with Crippen LogP contribution >= 0.6 is 0 Å². The van der Waals surface area contributed by atoms with Crippen LogP contribution in [0.3, 0.4) is 0 Å². The monoisotopic (exact) mass is 345 g/mol. The van der Waals surface area contributed by atoms with Crippen LogP contribution in [0.25, 0.3) is 0 Å². The number of amides is 2. The Hall–Kier alpha value is -1.92. The van der Waals surface area contributed by atoms with Gasteiger partial charge in [0.15, 0.2) is 0 Å².